The number of hydrogen-bond donors (Lipinski definition) is 1. The summed E-state index contributed by atoms with van der Waals surface area (Å²) in [6, 6.07) is 11.7. The highest BCUT2D eigenvalue weighted by Gasteiger charge is 2.16. The number of anilines is 1. The number of para-hydroxylation sites is 1. The van der Waals surface area contributed by atoms with Gasteiger partial charge in [0, 0.05) is 28.5 Å². The monoisotopic (exact) mass is 435 g/mol. The van der Waals surface area contributed by atoms with Gasteiger partial charge in [0.25, 0.3) is 0 Å². The zero-order valence-corrected chi connectivity index (χ0v) is 18.9. The maximum absolute atomic E-state index is 12.8. The van der Waals surface area contributed by atoms with Crippen LogP contribution in [0.3, 0.4) is 0 Å². The predicted molar refractivity (Wildman–Crippen MR) is 124 cm³/mol. The molecule has 6 nitrogen and oxygen atoms in total. The van der Waals surface area contributed by atoms with Gasteiger partial charge in [-0.15, -0.1) is 11.3 Å². The lowest BCUT2D eigenvalue weighted by atomic mass is 10.1. The maximum Gasteiger partial charge on any atom is 0.230 e. The van der Waals surface area contributed by atoms with Crippen molar-refractivity contribution in [3.05, 3.63) is 64.8 Å². The van der Waals surface area contributed by atoms with Crippen LogP contribution in [0.5, 0.6) is 11.5 Å². The van der Waals surface area contributed by atoms with E-state index < -0.39 is 0 Å². The van der Waals surface area contributed by atoms with Crippen LogP contribution in [-0.4, -0.2) is 29.5 Å². The van der Waals surface area contributed by atoms with Gasteiger partial charge in [0.2, 0.25) is 5.91 Å². The van der Waals surface area contributed by atoms with Crippen molar-refractivity contribution >= 4 is 27.9 Å². The molecule has 1 amide bonds. The molecule has 0 bridgehead atoms. The Balaban J connectivity index is 1.61. The number of amides is 1. The number of rotatable bonds is 7. The minimum atomic E-state index is -0.0436. The normalized spacial score (nSPS) is 11.0. The van der Waals surface area contributed by atoms with E-state index >= 15 is 0 Å². The van der Waals surface area contributed by atoms with Crippen molar-refractivity contribution in [3.8, 4) is 22.8 Å². The van der Waals surface area contributed by atoms with Gasteiger partial charge in [-0.25, -0.2) is 4.98 Å². The van der Waals surface area contributed by atoms with Gasteiger partial charge in [0.1, 0.15) is 11.5 Å². The fourth-order valence-electron chi connectivity index (χ4n) is 3.65. The van der Waals surface area contributed by atoms with Crippen LogP contribution in [0.15, 0.2) is 48.0 Å². The van der Waals surface area contributed by atoms with Crippen LogP contribution in [0, 0.1) is 6.92 Å². The van der Waals surface area contributed by atoms with Crippen molar-refractivity contribution in [1.29, 1.82) is 0 Å². The first-order valence-electron chi connectivity index (χ1n) is 10.1. The lowest BCUT2D eigenvalue weighted by molar-refractivity contribution is -0.115. The second kappa shape index (κ2) is 8.81. The summed E-state index contributed by atoms with van der Waals surface area (Å²) in [5.41, 5.74) is 5.63. The molecule has 2 aromatic heterocycles. The Bertz CT molecular complexity index is 1240. The molecule has 0 saturated carbocycles. The number of aryl methyl sites for hydroxylation is 2. The quantitative estimate of drug-likeness (QED) is 0.437. The lowest BCUT2D eigenvalue weighted by Crippen LogP contribution is -2.17. The van der Waals surface area contributed by atoms with E-state index in [9.17, 15) is 4.79 Å². The molecule has 0 aliphatic carbocycles. The van der Waals surface area contributed by atoms with E-state index in [1.165, 1.54) is 11.3 Å². The summed E-state index contributed by atoms with van der Waals surface area (Å²) in [6.45, 7) is 4.11. The van der Waals surface area contributed by atoms with E-state index in [0.29, 0.717) is 0 Å². The predicted octanol–water partition coefficient (Wildman–Crippen LogP) is 5.13. The second-order valence-electron chi connectivity index (χ2n) is 7.26. The van der Waals surface area contributed by atoms with Crippen molar-refractivity contribution in [2.75, 3.05) is 19.5 Å². The van der Waals surface area contributed by atoms with E-state index in [4.69, 9.17) is 14.5 Å². The smallest absolute Gasteiger partial charge is 0.230 e. The Labute approximate surface area is 185 Å². The molecule has 160 valence electrons. The number of hydrogen-bond acceptors (Lipinski definition) is 5. The Hall–Kier alpha value is -3.32. The number of aromatic nitrogens is 2. The first-order valence-corrected chi connectivity index (χ1v) is 11.0. The summed E-state index contributed by atoms with van der Waals surface area (Å²) in [5, 5.41) is 5.08. The number of nitrogens with one attached hydrogen (secondary N) is 1. The van der Waals surface area contributed by atoms with Crippen molar-refractivity contribution in [1.82, 2.24) is 9.38 Å². The number of thiazole rings is 1. The Kier molecular flexibility index (Phi) is 5.95. The van der Waals surface area contributed by atoms with E-state index in [1.807, 2.05) is 53.2 Å². The number of ether oxygens (including phenoxy) is 2. The number of carbonyl (C=O) groups excluding carboxylic acids is 1. The molecule has 0 saturated heterocycles. The highest BCUT2D eigenvalue weighted by atomic mass is 32.1. The number of benzene rings is 2. The summed E-state index contributed by atoms with van der Waals surface area (Å²) in [5.74, 6) is 1.41. The molecular formula is C24H25N3O3S. The van der Waals surface area contributed by atoms with E-state index in [2.05, 4.69) is 18.3 Å². The molecule has 0 atom stereocenters. The second-order valence-corrected chi connectivity index (χ2v) is 8.10. The molecular weight excluding hydrogens is 410 g/mol. The van der Waals surface area contributed by atoms with Crippen LogP contribution in [0.1, 0.15) is 23.7 Å². The van der Waals surface area contributed by atoms with Crippen molar-refractivity contribution < 1.29 is 14.3 Å². The molecule has 7 heteroatoms. The van der Waals surface area contributed by atoms with Crippen LogP contribution >= 0.6 is 11.3 Å². The lowest BCUT2D eigenvalue weighted by Gasteiger charge is -2.12. The molecule has 0 unspecified atom stereocenters. The first kappa shape index (κ1) is 20.9. The van der Waals surface area contributed by atoms with Crippen molar-refractivity contribution in [2.24, 2.45) is 0 Å². The largest absolute Gasteiger partial charge is 0.497 e. The molecule has 0 radical (unpaired) electrons. The zero-order chi connectivity index (χ0) is 22.0. The van der Waals surface area contributed by atoms with Gasteiger partial charge in [-0.2, -0.15) is 0 Å². The summed E-state index contributed by atoms with van der Waals surface area (Å²) < 4.78 is 12.8. The summed E-state index contributed by atoms with van der Waals surface area (Å²) in [6.07, 6.45) is 3.08. The molecule has 2 aromatic carbocycles. The van der Waals surface area contributed by atoms with Crippen LogP contribution < -0.4 is 14.8 Å². The molecule has 0 fully saturated rings. The average Bonchev–Trinajstić information content (AvgIpc) is 3.36. The molecule has 31 heavy (non-hydrogen) atoms. The summed E-state index contributed by atoms with van der Waals surface area (Å²) in [7, 11) is 3.27. The maximum atomic E-state index is 12.8. The molecule has 4 aromatic rings. The Morgan fingerprint density at radius 1 is 1.19 bits per heavy atom. The van der Waals surface area contributed by atoms with Gasteiger partial charge < -0.3 is 14.8 Å². The number of fused-ring (bicyclic) bond motifs is 1. The van der Waals surface area contributed by atoms with Crippen LogP contribution in [0.25, 0.3) is 16.2 Å². The van der Waals surface area contributed by atoms with Gasteiger partial charge in [0.15, 0.2) is 4.96 Å². The summed E-state index contributed by atoms with van der Waals surface area (Å²) in [4.78, 5) is 18.4. The Morgan fingerprint density at radius 3 is 2.77 bits per heavy atom. The van der Waals surface area contributed by atoms with E-state index in [0.717, 1.165) is 56.6 Å². The number of nitrogens with zero attached hydrogens (tertiary/aromatic N) is 2. The fraction of sp³-hybridized carbons (Fsp3) is 0.250. The standard InChI is InChI=1S/C24H25N3O3S/c1-5-16-8-6-7-15(2)23(16)26-22(28)11-17-14-31-24-25-20(13-27(17)24)19-12-18(29-3)9-10-21(19)30-4/h6-10,12-14H,5,11H2,1-4H3,(H,26,28). The zero-order valence-electron chi connectivity index (χ0n) is 18.1. The molecule has 1 N–H and O–H groups in total. The third-order valence-corrected chi connectivity index (χ3v) is 6.20. The van der Waals surface area contributed by atoms with Crippen LogP contribution in [0.2, 0.25) is 0 Å². The van der Waals surface area contributed by atoms with E-state index in [-0.39, 0.29) is 12.3 Å². The highest BCUT2D eigenvalue weighted by Crippen LogP contribution is 2.34. The minimum absolute atomic E-state index is 0.0436. The SMILES string of the molecule is CCc1cccc(C)c1NC(=O)Cc1csc2nc(-c3cc(OC)ccc3OC)cn12. The van der Waals surface area contributed by atoms with Crippen LogP contribution in [-0.2, 0) is 17.6 Å². The first-order chi connectivity index (χ1) is 15.0. The average molecular weight is 436 g/mol. The third kappa shape index (κ3) is 4.14. The van der Waals surface area contributed by atoms with Gasteiger partial charge in [-0.3, -0.25) is 9.20 Å². The van der Waals surface area contributed by atoms with Gasteiger partial charge in [-0.1, -0.05) is 25.1 Å². The summed E-state index contributed by atoms with van der Waals surface area (Å²) >= 11 is 1.51. The van der Waals surface area contributed by atoms with Crippen molar-refractivity contribution in [3.63, 3.8) is 0 Å². The fourth-order valence-corrected chi connectivity index (χ4v) is 4.52. The van der Waals surface area contributed by atoms with Gasteiger partial charge >= 0.3 is 0 Å². The van der Waals surface area contributed by atoms with Crippen LogP contribution in [0.4, 0.5) is 5.69 Å². The number of methoxy groups -OCH3 is 2. The third-order valence-electron chi connectivity index (χ3n) is 5.31. The Morgan fingerprint density at radius 2 is 2.03 bits per heavy atom. The molecule has 0 aliphatic rings. The van der Waals surface area contributed by atoms with Gasteiger partial charge in [-0.05, 0) is 42.7 Å². The van der Waals surface area contributed by atoms with Gasteiger partial charge in [0.05, 0.1) is 26.3 Å². The number of imidazole rings is 1. The molecule has 0 aliphatic heterocycles. The molecule has 4 rings (SSSR count). The number of carbonyl (C=O) groups is 1. The highest BCUT2D eigenvalue weighted by molar-refractivity contribution is 7.15. The van der Waals surface area contributed by atoms with Crippen molar-refractivity contribution in [2.45, 2.75) is 26.7 Å². The topological polar surface area (TPSA) is 64.9 Å². The molecule has 2 heterocycles. The minimum Gasteiger partial charge on any atom is -0.497 e. The molecule has 0 spiro atoms. The van der Waals surface area contributed by atoms with E-state index in [1.54, 1.807) is 14.2 Å².